The van der Waals surface area contributed by atoms with Gasteiger partial charge in [0.2, 0.25) is 0 Å². The molecule has 0 aliphatic carbocycles. The molecule has 0 amide bonds. The van der Waals surface area contributed by atoms with Crippen LogP contribution in [0.1, 0.15) is 25.5 Å². The van der Waals surface area contributed by atoms with E-state index in [4.69, 9.17) is 16.3 Å². The molecule has 1 rings (SSSR count). The van der Waals surface area contributed by atoms with Gasteiger partial charge in [0.1, 0.15) is 0 Å². The van der Waals surface area contributed by atoms with Crippen LogP contribution in [0.2, 0.25) is 5.02 Å². The Morgan fingerprint density at radius 2 is 2.00 bits per heavy atom. The summed E-state index contributed by atoms with van der Waals surface area (Å²) in [5.41, 5.74) is 0.143. The fourth-order valence-corrected chi connectivity index (χ4v) is 1.56. The van der Waals surface area contributed by atoms with Crippen molar-refractivity contribution >= 4 is 17.6 Å². The first-order valence-electron chi connectivity index (χ1n) is 5.02. The monoisotopic (exact) mass is 257 g/mol. The van der Waals surface area contributed by atoms with E-state index in [-0.39, 0.29) is 10.6 Å². The molecule has 0 aromatic heterocycles. The van der Waals surface area contributed by atoms with Gasteiger partial charge in [-0.15, -0.1) is 0 Å². The Bertz CT molecular complexity index is 433. The molecule has 0 aliphatic rings. The fraction of sp³-hybridized carbons (Fsp3) is 0.364. The van der Waals surface area contributed by atoms with Crippen LogP contribution in [0, 0.1) is 10.1 Å². The third kappa shape index (κ3) is 3.42. The number of halogens is 1. The van der Waals surface area contributed by atoms with Crippen molar-refractivity contribution in [3.05, 3.63) is 45.0 Å². The highest BCUT2D eigenvalue weighted by Gasteiger charge is 2.35. The number of ether oxygens (including phenoxy) is 1. The molecule has 0 N–H and O–H groups in total. The molecule has 17 heavy (non-hydrogen) atoms. The molecule has 92 valence electrons. The molecule has 0 aliphatic heterocycles. The van der Waals surface area contributed by atoms with Crippen molar-refractivity contribution in [2.45, 2.75) is 26.0 Å². The minimum atomic E-state index is -1.58. The number of carbonyl (C=O) groups excluding carboxylic acids is 1. The number of hydrogen-bond acceptors (Lipinski definition) is 4. The van der Waals surface area contributed by atoms with E-state index in [0.29, 0.717) is 0 Å². The Kier molecular flexibility index (Phi) is 4.45. The van der Waals surface area contributed by atoms with Crippen molar-refractivity contribution < 1.29 is 14.5 Å². The minimum Gasteiger partial charge on any atom is -0.458 e. The third-order valence-electron chi connectivity index (χ3n) is 1.99. The molecule has 0 radical (unpaired) electrons. The van der Waals surface area contributed by atoms with Crippen molar-refractivity contribution in [2.75, 3.05) is 0 Å². The van der Waals surface area contributed by atoms with Crippen LogP contribution in [0.25, 0.3) is 0 Å². The van der Waals surface area contributed by atoms with E-state index in [9.17, 15) is 14.9 Å². The van der Waals surface area contributed by atoms with Crippen LogP contribution in [-0.2, 0) is 9.53 Å². The van der Waals surface area contributed by atoms with Crippen LogP contribution < -0.4 is 0 Å². The lowest BCUT2D eigenvalue weighted by molar-refractivity contribution is -0.516. The van der Waals surface area contributed by atoms with Crippen LogP contribution in [0.15, 0.2) is 24.3 Å². The lowest BCUT2D eigenvalue weighted by atomic mass is 10.1. The van der Waals surface area contributed by atoms with Gasteiger partial charge >= 0.3 is 12.0 Å². The summed E-state index contributed by atoms with van der Waals surface area (Å²) < 4.78 is 4.84. The number of nitro groups is 1. The number of esters is 1. The van der Waals surface area contributed by atoms with Gasteiger partial charge < -0.3 is 4.74 Å². The highest BCUT2D eigenvalue weighted by atomic mass is 35.5. The Morgan fingerprint density at radius 3 is 2.47 bits per heavy atom. The van der Waals surface area contributed by atoms with Crippen LogP contribution >= 0.6 is 11.6 Å². The molecule has 5 nitrogen and oxygen atoms in total. The van der Waals surface area contributed by atoms with Crippen molar-refractivity contribution in [2.24, 2.45) is 0 Å². The number of rotatable bonds is 4. The van der Waals surface area contributed by atoms with E-state index < -0.39 is 23.0 Å². The van der Waals surface area contributed by atoms with Crippen molar-refractivity contribution in [3.63, 3.8) is 0 Å². The average Bonchev–Trinajstić information content (AvgIpc) is 2.19. The first kappa shape index (κ1) is 13.4. The Balaban J connectivity index is 3.06. The molecule has 0 bridgehead atoms. The molecule has 0 spiro atoms. The summed E-state index contributed by atoms with van der Waals surface area (Å²) in [5, 5.41) is 11.1. The molecule has 0 heterocycles. The number of nitrogens with zero attached hydrogens (tertiary/aromatic N) is 1. The second-order valence-electron chi connectivity index (χ2n) is 3.70. The summed E-state index contributed by atoms with van der Waals surface area (Å²) in [5.74, 6) is -0.905. The van der Waals surface area contributed by atoms with Crippen molar-refractivity contribution in [3.8, 4) is 0 Å². The fourth-order valence-electron chi connectivity index (χ4n) is 1.32. The Morgan fingerprint density at radius 1 is 1.41 bits per heavy atom. The smallest absolute Gasteiger partial charge is 0.387 e. The zero-order valence-electron chi connectivity index (χ0n) is 9.42. The predicted octanol–water partition coefficient (Wildman–Crippen LogP) is 2.61. The summed E-state index contributed by atoms with van der Waals surface area (Å²) in [6.07, 6.45) is -0.410. The van der Waals surface area contributed by atoms with Crippen LogP contribution in [-0.4, -0.2) is 17.0 Å². The predicted molar refractivity (Wildman–Crippen MR) is 62.4 cm³/mol. The Hall–Kier alpha value is -1.62. The van der Waals surface area contributed by atoms with E-state index in [1.54, 1.807) is 26.0 Å². The van der Waals surface area contributed by atoms with E-state index >= 15 is 0 Å². The molecular formula is C11H12ClNO4. The second kappa shape index (κ2) is 5.63. The minimum absolute atomic E-state index is 0.143. The van der Waals surface area contributed by atoms with Gasteiger partial charge in [0.15, 0.2) is 0 Å². The number of benzene rings is 1. The molecule has 1 aromatic carbocycles. The molecular weight excluding hydrogens is 246 g/mol. The van der Waals surface area contributed by atoms with Gasteiger partial charge in [0.05, 0.1) is 16.7 Å². The largest absolute Gasteiger partial charge is 0.458 e. The van der Waals surface area contributed by atoms with E-state index in [0.717, 1.165) is 0 Å². The van der Waals surface area contributed by atoms with Crippen LogP contribution in [0.3, 0.4) is 0 Å². The van der Waals surface area contributed by atoms with Crippen LogP contribution in [0.5, 0.6) is 0 Å². The second-order valence-corrected chi connectivity index (χ2v) is 4.10. The van der Waals surface area contributed by atoms with Gasteiger partial charge in [0, 0.05) is 4.92 Å². The van der Waals surface area contributed by atoms with Crippen LogP contribution in [0.4, 0.5) is 0 Å². The van der Waals surface area contributed by atoms with Gasteiger partial charge in [0.25, 0.3) is 0 Å². The summed E-state index contributed by atoms with van der Waals surface area (Å²) in [6.45, 7) is 3.25. The van der Waals surface area contributed by atoms with E-state index in [1.165, 1.54) is 12.1 Å². The summed E-state index contributed by atoms with van der Waals surface area (Å²) in [6, 6.07) is 4.58. The average molecular weight is 258 g/mol. The first-order valence-corrected chi connectivity index (χ1v) is 5.39. The SMILES string of the molecule is CC(C)OC(=O)C(c1ccccc1Cl)[N+](=O)[O-]. The summed E-state index contributed by atoms with van der Waals surface area (Å²) in [4.78, 5) is 21.8. The molecule has 0 fully saturated rings. The van der Waals surface area contributed by atoms with Crippen molar-refractivity contribution in [1.29, 1.82) is 0 Å². The molecule has 1 aromatic rings. The summed E-state index contributed by atoms with van der Waals surface area (Å²) >= 11 is 5.83. The lowest BCUT2D eigenvalue weighted by Gasteiger charge is -2.12. The summed E-state index contributed by atoms with van der Waals surface area (Å²) in [7, 11) is 0. The van der Waals surface area contributed by atoms with E-state index in [1.807, 2.05) is 0 Å². The molecule has 0 saturated heterocycles. The number of hydrogen-bond donors (Lipinski definition) is 0. The maximum absolute atomic E-state index is 11.6. The quantitative estimate of drug-likeness (QED) is 0.472. The topological polar surface area (TPSA) is 69.4 Å². The highest BCUT2D eigenvalue weighted by molar-refractivity contribution is 6.31. The highest BCUT2D eigenvalue weighted by Crippen LogP contribution is 2.26. The normalized spacial score (nSPS) is 12.2. The van der Waals surface area contributed by atoms with E-state index in [2.05, 4.69) is 0 Å². The van der Waals surface area contributed by atoms with Gasteiger partial charge in [-0.25, -0.2) is 4.79 Å². The standard InChI is InChI=1S/C11H12ClNO4/c1-7(2)17-11(14)10(13(15)16)8-5-3-4-6-9(8)12/h3-7,10H,1-2H3. The zero-order chi connectivity index (χ0) is 13.0. The molecule has 0 saturated carbocycles. The van der Waals surface area contributed by atoms with Gasteiger partial charge in [-0.1, -0.05) is 29.8 Å². The molecule has 1 unspecified atom stereocenters. The van der Waals surface area contributed by atoms with Gasteiger partial charge in [-0.2, -0.15) is 0 Å². The molecule has 6 heteroatoms. The Labute approximate surface area is 103 Å². The third-order valence-corrected chi connectivity index (χ3v) is 2.33. The maximum Gasteiger partial charge on any atom is 0.387 e. The first-order chi connectivity index (χ1) is 7.93. The van der Waals surface area contributed by atoms with Gasteiger partial charge in [-0.3, -0.25) is 10.1 Å². The lowest BCUT2D eigenvalue weighted by Crippen LogP contribution is -2.25. The van der Waals surface area contributed by atoms with Crippen molar-refractivity contribution in [1.82, 2.24) is 0 Å². The number of carbonyl (C=O) groups is 1. The zero-order valence-corrected chi connectivity index (χ0v) is 10.2. The maximum atomic E-state index is 11.6. The van der Waals surface area contributed by atoms with Gasteiger partial charge in [-0.05, 0) is 19.9 Å². The molecule has 1 atom stereocenters.